The normalized spacial score (nSPS) is 21.8. The lowest BCUT2D eigenvalue weighted by atomic mass is 9.94. The minimum absolute atomic E-state index is 0.130. The number of ether oxygens (including phenoxy) is 1. The maximum Gasteiger partial charge on any atom is 0.416 e. The Morgan fingerprint density at radius 2 is 1.52 bits per heavy atom. The molecular weight excluding hydrogens is 396 g/mol. The van der Waals surface area contributed by atoms with E-state index in [1.165, 1.54) is 6.92 Å². The summed E-state index contributed by atoms with van der Waals surface area (Å²) in [5.74, 6) is 0. The first-order valence-electron chi connectivity index (χ1n) is 9.29. The quantitative estimate of drug-likeness (QED) is 0.590. The van der Waals surface area contributed by atoms with Crippen molar-refractivity contribution in [3.05, 3.63) is 70.8 Å². The molecule has 0 aliphatic carbocycles. The first-order chi connectivity index (χ1) is 13.6. The molecule has 0 saturated carbocycles. The number of hydrogen-bond acceptors (Lipinski definition) is 2. The molecule has 158 valence electrons. The van der Waals surface area contributed by atoms with E-state index in [2.05, 4.69) is 5.32 Å². The molecule has 0 bridgehead atoms. The Kier molecular flexibility index (Phi) is 6.24. The zero-order valence-corrected chi connectivity index (χ0v) is 15.6. The summed E-state index contributed by atoms with van der Waals surface area (Å²) in [5.41, 5.74) is -1.85. The molecule has 1 aliphatic rings. The minimum Gasteiger partial charge on any atom is -0.369 e. The second-order valence-electron chi connectivity index (χ2n) is 7.14. The van der Waals surface area contributed by atoms with E-state index < -0.39 is 29.6 Å². The highest BCUT2D eigenvalue weighted by molar-refractivity contribution is 5.34. The first-order valence-corrected chi connectivity index (χ1v) is 9.29. The van der Waals surface area contributed by atoms with Crippen molar-refractivity contribution < 1.29 is 31.1 Å². The minimum atomic E-state index is -4.88. The van der Waals surface area contributed by atoms with Crippen molar-refractivity contribution in [2.75, 3.05) is 6.54 Å². The average molecular weight is 417 g/mol. The average Bonchev–Trinajstić information content (AvgIpc) is 2.67. The number of rotatable bonds is 4. The summed E-state index contributed by atoms with van der Waals surface area (Å²) >= 11 is 0. The summed E-state index contributed by atoms with van der Waals surface area (Å²) in [6, 6.07) is 10.8. The summed E-state index contributed by atoms with van der Waals surface area (Å²) in [4.78, 5) is 0. The largest absolute Gasteiger partial charge is 0.416 e. The summed E-state index contributed by atoms with van der Waals surface area (Å²) in [5, 5.41) is 3.33. The number of benzene rings is 2. The van der Waals surface area contributed by atoms with Crippen LogP contribution in [0.3, 0.4) is 0 Å². The van der Waals surface area contributed by atoms with Gasteiger partial charge in [0, 0.05) is 0 Å². The van der Waals surface area contributed by atoms with Gasteiger partial charge in [-0.25, -0.2) is 0 Å². The molecule has 0 radical (unpaired) electrons. The molecule has 2 aromatic carbocycles. The fraction of sp³-hybridized carbons (Fsp3) is 0.429. The van der Waals surface area contributed by atoms with Crippen molar-refractivity contribution in [3.63, 3.8) is 0 Å². The van der Waals surface area contributed by atoms with E-state index >= 15 is 0 Å². The van der Waals surface area contributed by atoms with E-state index in [0.29, 0.717) is 6.42 Å². The molecule has 2 aromatic rings. The van der Waals surface area contributed by atoms with Crippen LogP contribution in [0, 0.1) is 0 Å². The molecule has 8 heteroatoms. The zero-order valence-electron chi connectivity index (χ0n) is 15.6. The first kappa shape index (κ1) is 21.6. The topological polar surface area (TPSA) is 21.3 Å². The number of nitrogens with one attached hydrogen (secondary N) is 1. The summed E-state index contributed by atoms with van der Waals surface area (Å²) in [6.45, 7) is 2.24. The lowest BCUT2D eigenvalue weighted by Crippen LogP contribution is -2.39. The Hall–Kier alpha value is -2.06. The number of halogens is 6. The Bertz CT molecular complexity index is 786. The van der Waals surface area contributed by atoms with Gasteiger partial charge in [-0.05, 0) is 55.6 Å². The molecule has 0 aromatic heterocycles. The highest BCUT2D eigenvalue weighted by Gasteiger charge is 2.38. The van der Waals surface area contributed by atoms with Crippen molar-refractivity contribution in [1.82, 2.24) is 5.32 Å². The van der Waals surface area contributed by atoms with Crippen LogP contribution >= 0.6 is 0 Å². The van der Waals surface area contributed by atoms with Gasteiger partial charge in [0.1, 0.15) is 0 Å². The van der Waals surface area contributed by atoms with Gasteiger partial charge < -0.3 is 10.1 Å². The third kappa shape index (κ3) is 5.30. The molecule has 1 aliphatic heterocycles. The van der Waals surface area contributed by atoms with E-state index in [0.717, 1.165) is 30.7 Å². The van der Waals surface area contributed by atoms with Gasteiger partial charge in [-0.1, -0.05) is 30.3 Å². The van der Waals surface area contributed by atoms with Crippen LogP contribution in [0.4, 0.5) is 26.3 Å². The van der Waals surface area contributed by atoms with Crippen LogP contribution in [0.2, 0.25) is 0 Å². The molecule has 3 rings (SSSR count). The van der Waals surface area contributed by atoms with Gasteiger partial charge in [-0.2, -0.15) is 26.3 Å². The fourth-order valence-corrected chi connectivity index (χ4v) is 3.55. The van der Waals surface area contributed by atoms with E-state index in [-0.39, 0.29) is 23.8 Å². The van der Waals surface area contributed by atoms with Crippen molar-refractivity contribution in [2.24, 2.45) is 0 Å². The van der Waals surface area contributed by atoms with Gasteiger partial charge >= 0.3 is 12.4 Å². The number of alkyl halides is 6. The third-order valence-electron chi connectivity index (χ3n) is 5.02. The SMILES string of the molecule is CC(O[C@H]1CCCN[C@H]1c1ccccc1)c1cc(C(F)(F)F)cc(C(F)(F)F)c1. The van der Waals surface area contributed by atoms with Crippen molar-refractivity contribution in [3.8, 4) is 0 Å². The molecule has 1 fully saturated rings. The van der Waals surface area contributed by atoms with Gasteiger partial charge in [-0.3, -0.25) is 0 Å². The van der Waals surface area contributed by atoms with Crippen LogP contribution in [0.5, 0.6) is 0 Å². The Labute approximate surface area is 164 Å². The Balaban J connectivity index is 1.88. The number of piperidine rings is 1. The van der Waals surface area contributed by atoms with Gasteiger partial charge in [-0.15, -0.1) is 0 Å². The molecular formula is C21H21F6NO. The molecule has 1 saturated heterocycles. The molecule has 2 nitrogen and oxygen atoms in total. The highest BCUT2D eigenvalue weighted by atomic mass is 19.4. The second-order valence-corrected chi connectivity index (χ2v) is 7.14. The summed E-state index contributed by atoms with van der Waals surface area (Å²) in [6.07, 6.45) is -9.61. The lowest BCUT2D eigenvalue weighted by molar-refractivity contribution is -0.143. The summed E-state index contributed by atoms with van der Waals surface area (Å²) < 4.78 is 84.7. The van der Waals surface area contributed by atoms with Gasteiger partial charge in [0.05, 0.1) is 29.4 Å². The van der Waals surface area contributed by atoms with Crippen molar-refractivity contribution in [1.29, 1.82) is 0 Å². The maximum absolute atomic E-state index is 13.1. The molecule has 3 atom stereocenters. The third-order valence-corrected chi connectivity index (χ3v) is 5.02. The smallest absolute Gasteiger partial charge is 0.369 e. The van der Waals surface area contributed by atoms with Gasteiger partial charge in [0.25, 0.3) is 0 Å². The molecule has 1 heterocycles. The molecule has 0 amide bonds. The lowest BCUT2D eigenvalue weighted by Gasteiger charge is -2.35. The van der Waals surface area contributed by atoms with Crippen LogP contribution in [0.1, 0.15) is 54.2 Å². The Morgan fingerprint density at radius 3 is 2.07 bits per heavy atom. The van der Waals surface area contributed by atoms with Crippen LogP contribution in [0.25, 0.3) is 0 Å². The standard InChI is InChI=1S/C21H21F6NO/c1-13(15-10-16(20(22,23)24)12-17(11-15)21(25,26)27)29-18-8-5-9-28-19(18)14-6-3-2-4-7-14/h2-4,6-7,10-13,18-19,28H,5,8-9H2,1H3/t13?,18-,19-/m0/s1. The van der Waals surface area contributed by atoms with E-state index in [4.69, 9.17) is 4.74 Å². The number of hydrogen-bond donors (Lipinski definition) is 1. The Morgan fingerprint density at radius 1 is 0.931 bits per heavy atom. The molecule has 29 heavy (non-hydrogen) atoms. The predicted octanol–water partition coefficient (Wildman–Crippen LogP) is 6.30. The van der Waals surface area contributed by atoms with Crippen molar-refractivity contribution >= 4 is 0 Å². The van der Waals surface area contributed by atoms with Crippen LogP contribution < -0.4 is 5.32 Å². The van der Waals surface area contributed by atoms with Crippen LogP contribution in [-0.2, 0) is 17.1 Å². The van der Waals surface area contributed by atoms with E-state index in [1.807, 2.05) is 30.3 Å². The van der Waals surface area contributed by atoms with Crippen LogP contribution in [0.15, 0.2) is 48.5 Å². The van der Waals surface area contributed by atoms with Crippen molar-refractivity contribution in [2.45, 2.75) is 50.4 Å². The molecule has 1 N–H and O–H groups in total. The molecule has 0 spiro atoms. The maximum atomic E-state index is 13.1. The summed E-state index contributed by atoms with van der Waals surface area (Å²) in [7, 11) is 0. The zero-order chi connectivity index (χ0) is 21.2. The van der Waals surface area contributed by atoms with E-state index in [9.17, 15) is 26.3 Å². The highest BCUT2D eigenvalue weighted by Crippen LogP contribution is 2.39. The second kappa shape index (κ2) is 8.36. The predicted molar refractivity (Wildman–Crippen MR) is 96.2 cm³/mol. The van der Waals surface area contributed by atoms with E-state index in [1.54, 1.807) is 0 Å². The molecule has 1 unspecified atom stereocenters. The fourth-order valence-electron chi connectivity index (χ4n) is 3.55. The van der Waals surface area contributed by atoms with Crippen LogP contribution in [-0.4, -0.2) is 12.6 Å². The van der Waals surface area contributed by atoms with Gasteiger partial charge in [0.2, 0.25) is 0 Å². The monoisotopic (exact) mass is 417 g/mol. The van der Waals surface area contributed by atoms with Gasteiger partial charge in [0.15, 0.2) is 0 Å².